The molecular weight excluding hydrogens is 1530 g/mol. The Kier molecular flexibility index (Phi) is 17.8. The van der Waals surface area contributed by atoms with Crippen LogP contribution in [0.25, 0.3) is 175 Å². The van der Waals surface area contributed by atoms with E-state index in [-0.39, 0.29) is 6.71 Å². The minimum absolute atomic E-state index is 0.193. The van der Waals surface area contributed by atoms with Gasteiger partial charge in [-0.1, -0.05) is 400 Å². The molecule has 2 aliphatic rings. The lowest BCUT2D eigenvalue weighted by Crippen LogP contribution is -2.62. The second kappa shape index (κ2) is 30.6. The monoisotopic (exact) mass is 1610 g/mol. The van der Waals surface area contributed by atoms with E-state index < -0.39 is 0 Å². The number of rotatable bonds is 18. The average molecular weight is 1610 g/mol. The molecule has 0 fully saturated rings. The molecule has 0 N–H and O–H groups in total. The van der Waals surface area contributed by atoms with E-state index in [9.17, 15) is 0 Å². The van der Waals surface area contributed by atoms with E-state index in [1.165, 1.54) is 231 Å². The SMILES string of the molecule is c1ccc(-c2ccc(N(Cc3cc4c5c(c3)N(CCc3c(-c6ccccc6)cccc3-c3ccccc3)c3cc(-c6ccc7c8cccc9cccc(c%10cccc6c%107)c98)ccc3B5c3ccc(-c5ccc6c7cccc8cccc(c9cccc5c96)c87)cc3N4CCc3c(-c4ccccc4)cccc3-c3ccccc3)c3ccc(-c4ccccc4)cc3)cc2)cc1. The zero-order valence-electron chi connectivity index (χ0n) is 70.2. The number of anilines is 6. The van der Waals surface area contributed by atoms with Crippen LogP contribution in [-0.2, 0) is 19.4 Å². The lowest BCUT2D eigenvalue weighted by Gasteiger charge is -2.45. The second-order valence-corrected chi connectivity index (χ2v) is 34.6. The number of hydrogen-bond acceptors (Lipinski definition) is 3. The highest BCUT2D eigenvalue weighted by molar-refractivity contribution is 7.00. The van der Waals surface area contributed by atoms with Crippen molar-refractivity contribution in [2.45, 2.75) is 19.4 Å². The normalized spacial score (nSPS) is 12.4. The van der Waals surface area contributed by atoms with Crippen molar-refractivity contribution in [2.75, 3.05) is 27.8 Å². The maximum Gasteiger partial charge on any atom is 0.252 e. The Morgan fingerprint density at radius 1 is 0.205 bits per heavy atom. The summed E-state index contributed by atoms with van der Waals surface area (Å²) in [5.41, 5.74) is 34.1. The molecule has 0 saturated carbocycles. The number of nitrogens with zero attached hydrogens (tertiary/aromatic N) is 3. The number of benzene rings is 23. The number of fused-ring (bicyclic) bond motifs is 8. The summed E-state index contributed by atoms with van der Waals surface area (Å²) < 4.78 is 0. The van der Waals surface area contributed by atoms with E-state index in [2.05, 4.69) is 464 Å². The molecule has 0 aliphatic carbocycles. The minimum Gasteiger partial charge on any atom is -0.342 e. The van der Waals surface area contributed by atoms with Gasteiger partial charge in [0.25, 0.3) is 6.71 Å². The summed E-state index contributed by atoms with van der Waals surface area (Å²) in [6.45, 7) is 1.70. The standard InChI is InChI=1S/C123H84BN3/c1-7-27-81(28-8-1)83-55-61-93(62-56-83)127(94-63-57-84(58-64-94)82-29-9-2-10-30-82)79-80-75-117-123-118(76-80)126(74-72-102-97(87-35-15-5-16-36-87)45-24-46-98(102)88-37-17-6-18-38-88)116-78-92(100-66-68-112-108-50-22-42-90-40-20-48-106(120(90)108)110-54-26-52-104(100)122(110)112)60-70-114(116)124(123)113-69-59-91(99-65-67-111-107-49-21-41-89-39-19-47-105(119(89)107)109-53-25-51-103(99)121(109)111)77-115(113)125(117)73-71-101-95(85-31-11-3-12-32-85)43-23-44-96(101)86-33-13-4-14-34-86/h1-70,75-78H,71-74,79H2. The van der Waals surface area contributed by atoms with E-state index in [1.54, 1.807) is 0 Å². The molecule has 127 heavy (non-hydrogen) atoms. The van der Waals surface area contributed by atoms with Crippen LogP contribution in [0.2, 0.25) is 0 Å². The summed E-state index contributed by atoms with van der Waals surface area (Å²) in [5.74, 6) is 0. The van der Waals surface area contributed by atoms with Crippen LogP contribution in [0.15, 0.2) is 449 Å². The van der Waals surface area contributed by atoms with Gasteiger partial charge in [0.2, 0.25) is 0 Å². The van der Waals surface area contributed by atoms with Gasteiger partial charge >= 0.3 is 0 Å². The second-order valence-electron chi connectivity index (χ2n) is 34.6. The fourth-order valence-corrected chi connectivity index (χ4v) is 22.1. The van der Waals surface area contributed by atoms with Gasteiger partial charge < -0.3 is 14.7 Å². The van der Waals surface area contributed by atoms with Gasteiger partial charge in [-0.25, -0.2) is 0 Å². The van der Waals surface area contributed by atoms with Crippen LogP contribution in [0, 0.1) is 0 Å². The predicted octanol–water partition coefficient (Wildman–Crippen LogP) is 30.4. The van der Waals surface area contributed by atoms with Crippen LogP contribution in [0.3, 0.4) is 0 Å². The topological polar surface area (TPSA) is 9.72 Å². The smallest absolute Gasteiger partial charge is 0.252 e. The third kappa shape index (κ3) is 12.4. The Hall–Kier alpha value is -15.9. The van der Waals surface area contributed by atoms with Gasteiger partial charge in [-0.3, -0.25) is 0 Å². The molecule has 0 radical (unpaired) electrons. The molecule has 23 aromatic rings. The van der Waals surface area contributed by atoms with Crippen molar-refractivity contribution < 1.29 is 0 Å². The van der Waals surface area contributed by atoms with Crippen molar-refractivity contribution in [1.29, 1.82) is 0 Å². The van der Waals surface area contributed by atoms with Crippen molar-refractivity contribution in [3.05, 3.63) is 466 Å². The van der Waals surface area contributed by atoms with E-state index in [1.807, 2.05) is 0 Å². The third-order valence-electron chi connectivity index (χ3n) is 27.8. The molecule has 0 saturated heterocycles. The Morgan fingerprint density at radius 2 is 0.496 bits per heavy atom. The van der Waals surface area contributed by atoms with E-state index in [0.29, 0.717) is 19.6 Å². The molecule has 0 unspecified atom stereocenters. The Bertz CT molecular complexity index is 7510. The maximum absolute atomic E-state index is 2.79. The third-order valence-corrected chi connectivity index (χ3v) is 27.8. The molecule has 0 spiro atoms. The Labute approximate surface area is 740 Å². The molecular formula is C123H84BN3. The first-order valence-corrected chi connectivity index (χ1v) is 44.7. The van der Waals surface area contributed by atoms with Crippen molar-refractivity contribution >= 4 is 143 Å². The molecule has 0 amide bonds. The summed E-state index contributed by atoms with van der Waals surface area (Å²) >= 11 is 0. The molecule has 2 aliphatic heterocycles. The fraction of sp³-hybridized carbons (Fsp3) is 0.0407. The zero-order valence-corrected chi connectivity index (χ0v) is 70.2. The van der Waals surface area contributed by atoms with Crippen molar-refractivity contribution in [2.24, 2.45) is 0 Å². The van der Waals surface area contributed by atoms with Crippen LogP contribution in [0.4, 0.5) is 34.1 Å². The summed E-state index contributed by atoms with van der Waals surface area (Å²) in [6.07, 6.45) is 1.47. The highest BCUT2D eigenvalue weighted by Gasteiger charge is 2.44. The quantitative estimate of drug-likeness (QED) is 0.0482. The van der Waals surface area contributed by atoms with Crippen LogP contribution in [0.1, 0.15) is 16.7 Å². The number of hydrogen-bond donors (Lipinski definition) is 0. The van der Waals surface area contributed by atoms with Crippen LogP contribution < -0.4 is 31.1 Å². The van der Waals surface area contributed by atoms with Crippen molar-refractivity contribution in [1.82, 2.24) is 0 Å². The molecule has 23 aromatic carbocycles. The average Bonchev–Trinajstić information content (AvgIpc) is 0.697. The fourth-order valence-electron chi connectivity index (χ4n) is 22.1. The Morgan fingerprint density at radius 3 is 0.850 bits per heavy atom. The molecule has 3 nitrogen and oxygen atoms in total. The predicted molar refractivity (Wildman–Crippen MR) is 543 cm³/mol. The molecule has 25 rings (SSSR count). The van der Waals surface area contributed by atoms with Gasteiger partial charge in [0.1, 0.15) is 0 Å². The molecule has 0 atom stereocenters. The van der Waals surface area contributed by atoms with E-state index in [4.69, 9.17) is 0 Å². The highest BCUT2D eigenvalue weighted by atomic mass is 15.2. The van der Waals surface area contributed by atoms with Crippen LogP contribution in [-0.4, -0.2) is 19.8 Å². The summed E-state index contributed by atoms with van der Waals surface area (Å²) in [6, 6.07) is 170. The molecule has 0 bridgehead atoms. The maximum atomic E-state index is 2.79. The van der Waals surface area contributed by atoms with Gasteiger partial charge in [0.05, 0.1) is 0 Å². The first-order valence-electron chi connectivity index (χ1n) is 44.7. The first kappa shape index (κ1) is 73.8. The molecule has 0 aromatic heterocycles. The van der Waals surface area contributed by atoms with Crippen molar-refractivity contribution in [3.63, 3.8) is 0 Å². The summed E-state index contributed by atoms with van der Waals surface area (Å²) in [7, 11) is 0. The summed E-state index contributed by atoms with van der Waals surface area (Å²) in [4.78, 5) is 8.13. The zero-order chi connectivity index (χ0) is 83.6. The Balaban J connectivity index is 0.757. The van der Waals surface area contributed by atoms with E-state index in [0.717, 1.165) is 24.2 Å². The van der Waals surface area contributed by atoms with Crippen LogP contribution in [0.5, 0.6) is 0 Å². The van der Waals surface area contributed by atoms with Crippen LogP contribution >= 0.6 is 0 Å². The lowest BCUT2D eigenvalue weighted by atomic mass is 9.33. The summed E-state index contributed by atoms with van der Waals surface area (Å²) in [5, 5.41) is 20.6. The molecule has 4 heteroatoms. The van der Waals surface area contributed by atoms with Gasteiger partial charge in [0.15, 0.2) is 0 Å². The highest BCUT2D eigenvalue weighted by Crippen LogP contribution is 2.50. The van der Waals surface area contributed by atoms with E-state index >= 15 is 0 Å². The first-order chi connectivity index (χ1) is 63.0. The van der Waals surface area contributed by atoms with Gasteiger partial charge in [-0.2, -0.15) is 0 Å². The molecule has 594 valence electrons. The largest absolute Gasteiger partial charge is 0.342 e. The lowest BCUT2D eigenvalue weighted by molar-refractivity contribution is 0.900. The van der Waals surface area contributed by atoms with Gasteiger partial charge in [-0.15, -0.1) is 0 Å². The molecule has 2 heterocycles. The van der Waals surface area contributed by atoms with Gasteiger partial charge in [-0.05, 0) is 270 Å². The van der Waals surface area contributed by atoms with Crippen molar-refractivity contribution in [3.8, 4) is 89.0 Å². The minimum atomic E-state index is -0.193. The van der Waals surface area contributed by atoms with Gasteiger partial charge in [0, 0.05) is 53.8 Å².